The molecule has 0 radical (unpaired) electrons. The molecule has 156 valence electrons. The van der Waals surface area contributed by atoms with Crippen LogP contribution in [-0.4, -0.2) is 37.5 Å². The van der Waals surface area contributed by atoms with Crippen LogP contribution in [0.2, 0.25) is 0 Å². The minimum Gasteiger partial charge on any atom is -0.311 e. The van der Waals surface area contributed by atoms with Gasteiger partial charge in [-0.1, -0.05) is 63.3 Å². The molecule has 1 aliphatic rings. The number of carbonyl (C=O) groups excluding carboxylic acids is 1. The van der Waals surface area contributed by atoms with Gasteiger partial charge >= 0.3 is 0 Å². The molecule has 0 bridgehead atoms. The SMILES string of the molecule is C=Cc1ccc(C(=O)N(C)c2ccccc2CCC2CCCCN2C)cc1.CC. The Morgan fingerprint density at radius 2 is 1.83 bits per heavy atom. The van der Waals surface area contributed by atoms with E-state index in [1.807, 2.05) is 51.2 Å². The second-order valence-corrected chi connectivity index (χ2v) is 7.49. The zero-order valence-corrected chi connectivity index (χ0v) is 18.5. The van der Waals surface area contributed by atoms with Crippen LogP contribution in [0.5, 0.6) is 0 Å². The number of anilines is 1. The van der Waals surface area contributed by atoms with Crippen molar-refractivity contribution in [3.05, 3.63) is 71.8 Å². The maximum atomic E-state index is 12.9. The molecule has 0 aliphatic carbocycles. The van der Waals surface area contributed by atoms with Gasteiger partial charge in [-0.25, -0.2) is 0 Å². The van der Waals surface area contributed by atoms with Crippen molar-refractivity contribution in [1.82, 2.24) is 4.90 Å². The first-order chi connectivity index (χ1) is 14.1. The average Bonchev–Trinajstić information content (AvgIpc) is 2.79. The van der Waals surface area contributed by atoms with E-state index in [4.69, 9.17) is 0 Å². The fraction of sp³-hybridized carbons (Fsp3) is 0.423. The van der Waals surface area contributed by atoms with Gasteiger partial charge in [-0.2, -0.15) is 0 Å². The zero-order valence-electron chi connectivity index (χ0n) is 18.5. The van der Waals surface area contributed by atoms with E-state index in [0.29, 0.717) is 11.6 Å². The fourth-order valence-electron chi connectivity index (χ4n) is 3.95. The van der Waals surface area contributed by atoms with Crippen molar-refractivity contribution in [3.8, 4) is 0 Å². The highest BCUT2D eigenvalue weighted by Crippen LogP contribution is 2.25. The molecule has 2 aromatic rings. The predicted molar refractivity (Wildman–Crippen MR) is 126 cm³/mol. The molecule has 1 fully saturated rings. The monoisotopic (exact) mass is 392 g/mol. The highest BCUT2D eigenvalue weighted by Gasteiger charge is 2.20. The maximum absolute atomic E-state index is 12.9. The van der Waals surface area contributed by atoms with Crippen molar-refractivity contribution < 1.29 is 4.79 Å². The Balaban J connectivity index is 0.00000145. The predicted octanol–water partition coefficient (Wildman–Crippen LogP) is 6.05. The van der Waals surface area contributed by atoms with Gasteiger partial charge in [0.15, 0.2) is 0 Å². The van der Waals surface area contributed by atoms with Crippen molar-refractivity contribution in [1.29, 1.82) is 0 Å². The molecule has 1 amide bonds. The summed E-state index contributed by atoms with van der Waals surface area (Å²) in [6.45, 7) is 8.97. The molecule has 1 aliphatic heterocycles. The molecule has 0 spiro atoms. The van der Waals surface area contributed by atoms with Crippen molar-refractivity contribution in [2.24, 2.45) is 0 Å². The van der Waals surface area contributed by atoms with Gasteiger partial charge in [0.2, 0.25) is 0 Å². The van der Waals surface area contributed by atoms with E-state index in [0.717, 1.165) is 24.1 Å². The fourth-order valence-corrected chi connectivity index (χ4v) is 3.95. The minimum atomic E-state index is 0.0212. The number of aryl methyl sites for hydroxylation is 1. The molecule has 0 saturated carbocycles. The van der Waals surface area contributed by atoms with Crippen molar-refractivity contribution >= 4 is 17.7 Å². The zero-order chi connectivity index (χ0) is 21.2. The first kappa shape index (κ1) is 22.9. The number of carbonyl (C=O) groups is 1. The molecular weight excluding hydrogens is 356 g/mol. The summed E-state index contributed by atoms with van der Waals surface area (Å²) in [5.74, 6) is 0.0212. The Hall–Kier alpha value is -2.39. The smallest absolute Gasteiger partial charge is 0.258 e. The molecule has 1 unspecified atom stereocenters. The standard InChI is InChI=1S/C24H30N2O.C2H6/c1-4-19-12-14-21(15-13-19)24(27)26(3)23-11-6-5-9-20(23)16-17-22-10-7-8-18-25(22)2;1-2/h4-6,9,11-15,22H,1,7-8,10,16-18H2,2-3H3;1-2H3. The molecule has 3 heteroatoms. The Morgan fingerprint density at radius 3 is 2.48 bits per heavy atom. The molecule has 1 atom stereocenters. The second-order valence-electron chi connectivity index (χ2n) is 7.49. The van der Waals surface area contributed by atoms with E-state index in [1.165, 1.54) is 31.4 Å². The molecule has 2 aromatic carbocycles. The number of likely N-dealkylation sites (tertiary alicyclic amines) is 1. The summed E-state index contributed by atoms with van der Waals surface area (Å²) < 4.78 is 0. The van der Waals surface area contributed by atoms with Gasteiger partial charge in [-0.15, -0.1) is 0 Å². The van der Waals surface area contributed by atoms with Crippen molar-refractivity contribution in [2.45, 2.75) is 52.0 Å². The summed E-state index contributed by atoms with van der Waals surface area (Å²) in [6, 6.07) is 16.5. The summed E-state index contributed by atoms with van der Waals surface area (Å²) in [5, 5.41) is 0. The molecule has 3 rings (SSSR count). The van der Waals surface area contributed by atoms with Crippen LogP contribution in [0.15, 0.2) is 55.1 Å². The topological polar surface area (TPSA) is 23.6 Å². The quantitative estimate of drug-likeness (QED) is 0.597. The number of amides is 1. The third-order valence-corrected chi connectivity index (χ3v) is 5.72. The van der Waals surface area contributed by atoms with Gasteiger partial charge in [0.05, 0.1) is 0 Å². The van der Waals surface area contributed by atoms with Crippen LogP contribution in [0.3, 0.4) is 0 Å². The number of hydrogen-bond acceptors (Lipinski definition) is 2. The molecule has 3 nitrogen and oxygen atoms in total. The van der Waals surface area contributed by atoms with E-state index < -0.39 is 0 Å². The van der Waals surface area contributed by atoms with Crippen LogP contribution in [-0.2, 0) is 6.42 Å². The van der Waals surface area contributed by atoms with Crippen LogP contribution in [0.1, 0.15) is 61.0 Å². The van der Waals surface area contributed by atoms with E-state index >= 15 is 0 Å². The summed E-state index contributed by atoms with van der Waals surface area (Å²) in [6.07, 6.45) is 7.85. The Kier molecular flexibility index (Phi) is 9.14. The van der Waals surface area contributed by atoms with Crippen LogP contribution in [0.25, 0.3) is 6.08 Å². The van der Waals surface area contributed by atoms with E-state index in [-0.39, 0.29) is 5.91 Å². The first-order valence-corrected chi connectivity index (χ1v) is 10.9. The third-order valence-electron chi connectivity index (χ3n) is 5.72. The average molecular weight is 393 g/mol. The van der Waals surface area contributed by atoms with Gasteiger partial charge in [0.25, 0.3) is 5.91 Å². The molecule has 1 heterocycles. The minimum absolute atomic E-state index is 0.0212. The summed E-state index contributed by atoms with van der Waals surface area (Å²) in [7, 11) is 4.10. The first-order valence-electron chi connectivity index (χ1n) is 10.9. The normalized spacial score (nSPS) is 16.5. The van der Waals surface area contributed by atoms with Gasteiger partial charge in [-0.3, -0.25) is 4.79 Å². The number of hydrogen-bond donors (Lipinski definition) is 0. The van der Waals surface area contributed by atoms with E-state index in [1.54, 1.807) is 11.0 Å². The Bertz CT molecular complexity index is 782. The van der Waals surface area contributed by atoms with E-state index in [9.17, 15) is 4.79 Å². The lowest BCUT2D eigenvalue weighted by Gasteiger charge is -2.32. The summed E-state index contributed by atoms with van der Waals surface area (Å²) >= 11 is 0. The molecule has 0 N–H and O–H groups in total. The second kappa shape index (κ2) is 11.6. The van der Waals surface area contributed by atoms with Gasteiger partial charge in [0.1, 0.15) is 0 Å². The summed E-state index contributed by atoms with van der Waals surface area (Å²) in [5.41, 5.74) is 3.97. The van der Waals surface area contributed by atoms with E-state index in [2.05, 4.69) is 36.7 Å². The number of nitrogens with zero attached hydrogens (tertiary/aromatic N) is 2. The largest absolute Gasteiger partial charge is 0.311 e. The van der Waals surface area contributed by atoms with Crippen LogP contribution < -0.4 is 4.90 Å². The molecule has 29 heavy (non-hydrogen) atoms. The summed E-state index contributed by atoms with van der Waals surface area (Å²) in [4.78, 5) is 17.2. The van der Waals surface area contributed by atoms with Crippen LogP contribution in [0, 0.1) is 0 Å². The number of benzene rings is 2. The van der Waals surface area contributed by atoms with Crippen LogP contribution >= 0.6 is 0 Å². The lowest BCUT2D eigenvalue weighted by Crippen LogP contribution is -2.36. The van der Waals surface area contributed by atoms with Crippen molar-refractivity contribution in [3.63, 3.8) is 0 Å². The Morgan fingerprint density at radius 1 is 1.14 bits per heavy atom. The van der Waals surface area contributed by atoms with Crippen LogP contribution in [0.4, 0.5) is 5.69 Å². The molecule has 0 aromatic heterocycles. The van der Waals surface area contributed by atoms with Gasteiger partial charge in [0, 0.05) is 24.3 Å². The number of para-hydroxylation sites is 1. The highest BCUT2D eigenvalue weighted by atomic mass is 16.2. The molecular formula is C26H36N2O. The van der Waals surface area contributed by atoms with Gasteiger partial charge in [-0.05, 0) is 68.6 Å². The Labute approximate surface area is 177 Å². The lowest BCUT2D eigenvalue weighted by molar-refractivity contribution is 0.0993. The number of rotatable bonds is 6. The van der Waals surface area contributed by atoms with Gasteiger partial charge < -0.3 is 9.80 Å². The molecule has 1 saturated heterocycles. The lowest BCUT2D eigenvalue weighted by atomic mass is 9.95. The van der Waals surface area contributed by atoms with Crippen molar-refractivity contribution in [2.75, 3.05) is 25.5 Å². The third kappa shape index (κ3) is 6.04. The maximum Gasteiger partial charge on any atom is 0.258 e. The highest BCUT2D eigenvalue weighted by molar-refractivity contribution is 6.06. The number of piperidine rings is 1.